The monoisotopic (exact) mass is 302 g/mol. The Morgan fingerprint density at radius 1 is 0.737 bits per heavy atom. The summed E-state index contributed by atoms with van der Waals surface area (Å²) in [6.07, 6.45) is 0. The smallest absolute Gasteiger partial charge is 0.129 e. The first-order valence-electron chi connectivity index (χ1n) is 5.65. The first-order chi connectivity index (χ1) is 8.81. The van der Waals surface area contributed by atoms with E-state index >= 15 is 0 Å². The summed E-state index contributed by atoms with van der Waals surface area (Å²) in [7, 11) is 0. The maximum atomic E-state index is 12.9. The third-order valence-corrected chi connectivity index (χ3v) is 2.97. The molecule has 0 spiro atoms. The molecule has 0 bridgehead atoms. The highest BCUT2D eigenvalue weighted by Crippen LogP contribution is 2.17. The molecular formula is C15H14Cl2F2. The van der Waals surface area contributed by atoms with Crippen LogP contribution in [-0.2, 0) is 0 Å². The van der Waals surface area contributed by atoms with Crippen molar-refractivity contribution >= 4 is 23.2 Å². The minimum atomic E-state index is -0.209. The molecule has 4 heteroatoms. The van der Waals surface area contributed by atoms with Gasteiger partial charge >= 0.3 is 0 Å². The van der Waals surface area contributed by atoms with E-state index in [9.17, 15) is 8.78 Å². The molecule has 0 unspecified atom stereocenters. The van der Waals surface area contributed by atoms with Crippen LogP contribution >= 0.6 is 23.2 Å². The van der Waals surface area contributed by atoms with Gasteiger partial charge in [-0.1, -0.05) is 23.2 Å². The van der Waals surface area contributed by atoms with Gasteiger partial charge in [0.1, 0.15) is 11.6 Å². The number of benzene rings is 2. The molecule has 0 aromatic heterocycles. The van der Waals surface area contributed by atoms with Crippen LogP contribution in [0.2, 0.25) is 10.0 Å². The predicted molar refractivity (Wildman–Crippen MR) is 77.0 cm³/mol. The maximum Gasteiger partial charge on any atom is 0.129 e. The Bertz CT molecular complexity index is 557. The molecular weight excluding hydrogens is 289 g/mol. The van der Waals surface area contributed by atoms with Crippen LogP contribution in [0.25, 0.3) is 0 Å². The third-order valence-electron chi connectivity index (χ3n) is 2.52. The normalized spacial score (nSPS) is 9.84. The third kappa shape index (κ3) is 4.81. The zero-order valence-corrected chi connectivity index (χ0v) is 12.4. The fourth-order valence-electron chi connectivity index (χ4n) is 1.50. The molecule has 0 atom stereocenters. The van der Waals surface area contributed by atoms with Gasteiger partial charge in [0.05, 0.1) is 0 Å². The van der Waals surface area contributed by atoms with E-state index in [1.807, 2.05) is 0 Å². The zero-order chi connectivity index (χ0) is 14.6. The van der Waals surface area contributed by atoms with Gasteiger partial charge in [-0.15, -0.1) is 0 Å². The van der Waals surface area contributed by atoms with Crippen molar-refractivity contribution in [2.75, 3.05) is 0 Å². The highest BCUT2D eigenvalue weighted by molar-refractivity contribution is 6.30. The summed E-state index contributed by atoms with van der Waals surface area (Å²) in [5.41, 5.74) is 1.79. The molecule has 102 valence electrons. The molecule has 0 fully saturated rings. The van der Waals surface area contributed by atoms with Gasteiger partial charge in [-0.05, 0) is 67.8 Å². The molecule has 0 nitrogen and oxygen atoms in total. The van der Waals surface area contributed by atoms with E-state index in [0.717, 1.165) is 0 Å². The predicted octanol–water partition coefficient (Wildman–Crippen LogP) is 5.88. The van der Waals surface area contributed by atoms with Crippen molar-refractivity contribution in [1.82, 2.24) is 0 Å². The number of aryl methyl sites for hydroxylation is 3. The van der Waals surface area contributed by atoms with Crippen molar-refractivity contribution in [1.29, 1.82) is 0 Å². The maximum absolute atomic E-state index is 12.9. The van der Waals surface area contributed by atoms with E-state index < -0.39 is 0 Å². The van der Waals surface area contributed by atoms with Crippen molar-refractivity contribution in [2.45, 2.75) is 20.8 Å². The van der Waals surface area contributed by atoms with Crippen molar-refractivity contribution in [2.24, 2.45) is 0 Å². The van der Waals surface area contributed by atoms with Gasteiger partial charge in [0, 0.05) is 10.0 Å². The van der Waals surface area contributed by atoms with Crippen molar-refractivity contribution in [3.05, 3.63) is 68.7 Å². The standard InChI is InChI=1S/C8H8ClF.C7H6ClF/c1-5-3-7(9)4-6(2)8(5)10;1-5-4-6(8)2-3-7(5)9/h3-4H,1-2H3;2-4H,1H3. The molecule has 0 aliphatic carbocycles. The lowest BCUT2D eigenvalue weighted by Crippen LogP contribution is -1.86. The average molecular weight is 303 g/mol. The van der Waals surface area contributed by atoms with Gasteiger partial charge < -0.3 is 0 Å². The van der Waals surface area contributed by atoms with Crippen LogP contribution in [0.4, 0.5) is 8.78 Å². The summed E-state index contributed by atoms with van der Waals surface area (Å²) in [5.74, 6) is -0.371. The fourth-order valence-corrected chi connectivity index (χ4v) is 2.06. The van der Waals surface area contributed by atoms with Gasteiger partial charge in [0.25, 0.3) is 0 Å². The zero-order valence-electron chi connectivity index (χ0n) is 10.9. The van der Waals surface area contributed by atoms with E-state index in [1.165, 1.54) is 12.1 Å². The molecule has 0 amide bonds. The summed E-state index contributed by atoms with van der Waals surface area (Å²) < 4.78 is 25.3. The van der Waals surface area contributed by atoms with Crippen LogP contribution in [0.5, 0.6) is 0 Å². The van der Waals surface area contributed by atoms with E-state index in [0.29, 0.717) is 26.7 Å². The Balaban J connectivity index is 0.000000191. The van der Waals surface area contributed by atoms with Gasteiger partial charge in [-0.3, -0.25) is 0 Å². The summed E-state index contributed by atoms with van der Waals surface area (Å²) in [6.45, 7) is 5.09. The lowest BCUT2D eigenvalue weighted by Gasteiger charge is -1.99. The van der Waals surface area contributed by atoms with Crippen LogP contribution in [0.1, 0.15) is 16.7 Å². The molecule has 0 saturated heterocycles. The van der Waals surface area contributed by atoms with Crippen molar-refractivity contribution in [3.8, 4) is 0 Å². The quantitative estimate of drug-likeness (QED) is 0.570. The second-order valence-corrected chi connectivity index (χ2v) is 5.12. The molecule has 0 heterocycles. The van der Waals surface area contributed by atoms with Crippen LogP contribution in [0.15, 0.2) is 30.3 Å². The topological polar surface area (TPSA) is 0 Å². The Labute approximate surface area is 122 Å². The average Bonchev–Trinajstić information content (AvgIpc) is 2.32. The number of hydrogen-bond donors (Lipinski definition) is 0. The SMILES string of the molecule is Cc1cc(Cl)cc(C)c1F.Cc1cc(Cl)ccc1F. The Kier molecular flexibility index (Phi) is 5.77. The minimum absolute atomic E-state index is 0.163. The van der Waals surface area contributed by atoms with Crippen molar-refractivity contribution < 1.29 is 8.78 Å². The van der Waals surface area contributed by atoms with Gasteiger partial charge in [0.2, 0.25) is 0 Å². The Morgan fingerprint density at radius 3 is 1.63 bits per heavy atom. The molecule has 2 aromatic rings. The summed E-state index contributed by atoms with van der Waals surface area (Å²) >= 11 is 11.2. The molecule has 0 N–H and O–H groups in total. The molecule has 19 heavy (non-hydrogen) atoms. The van der Waals surface area contributed by atoms with E-state index in [4.69, 9.17) is 23.2 Å². The number of hydrogen-bond acceptors (Lipinski definition) is 0. The Hall–Kier alpha value is -1.12. The van der Waals surface area contributed by atoms with Gasteiger partial charge in [0.15, 0.2) is 0 Å². The number of halogens is 4. The first kappa shape index (κ1) is 15.9. The molecule has 2 aromatic carbocycles. The van der Waals surface area contributed by atoms with Crippen LogP contribution < -0.4 is 0 Å². The molecule has 0 radical (unpaired) electrons. The summed E-state index contributed by atoms with van der Waals surface area (Å²) in [4.78, 5) is 0. The van der Waals surface area contributed by atoms with Crippen LogP contribution in [0.3, 0.4) is 0 Å². The summed E-state index contributed by atoms with van der Waals surface area (Å²) in [6, 6.07) is 7.71. The first-order valence-corrected chi connectivity index (χ1v) is 6.40. The van der Waals surface area contributed by atoms with Crippen molar-refractivity contribution in [3.63, 3.8) is 0 Å². The second kappa shape index (κ2) is 6.88. The highest BCUT2D eigenvalue weighted by atomic mass is 35.5. The molecule has 0 aliphatic heterocycles. The van der Waals surface area contributed by atoms with Crippen LogP contribution in [-0.4, -0.2) is 0 Å². The summed E-state index contributed by atoms with van der Waals surface area (Å²) in [5, 5.41) is 1.17. The fraction of sp³-hybridized carbons (Fsp3) is 0.200. The minimum Gasteiger partial charge on any atom is -0.207 e. The Morgan fingerprint density at radius 2 is 1.21 bits per heavy atom. The molecule has 2 rings (SSSR count). The highest BCUT2D eigenvalue weighted by Gasteiger charge is 2.01. The van der Waals surface area contributed by atoms with Crippen LogP contribution in [0, 0.1) is 32.4 Å². The largest absolute Gasteiger partial charge is 0.207 e. The van der Waals surface area contributed by atoms with Gasteiger partial charge in [-0.25, -0.2) is 8.78 Å². The molecule has 0 saturated carbocycles. The van der Waals surface area contributed by atoms with E-state index in [1.54, 1.807) is 39.0 Å². The second-order valence-electron chi connectivity index (χ2n) is 4.25. The lowest BCUT2D eigenvalue weighted by molar-refractivity contribution is 0.609. The van der Waals surface area contributed by atoms with Gasteiger partial charge in [-0.2, -0.15) is 0 Å². The van der Waals surface area contributed by atoms with E-state index in [-0.39, 0.29) is 11.6 Å². The number of rotatable bonds is 0. The van der Waals surface area contributed by atoms with E-state index in [2.05, 4.69) is 0 Å². The lowest BCUT2D eigenvalue weighted by atomic mass is 10.1. The molecule has 0 aliphatic rings.